The lowest BCUT2D eigenvalue weighted by Gasteiger charge is -2.26. The second-order valence-electron chi connectivity index (χ2n) is 6.89. The Morgan fingerprint density at radius 1 is 1.22 bits per heavy atom. The van der Waals surface area contributed by atoms with Crippen molar-refractivity contribution in [3.8, 4) is 0 Å². The lowest BCUT2D eigenvalue weighted by molar-refractivity contribution is 0.255. The smallest absolute Gasteiger partial charge is 0.215 e. The standard InChI is InChI=1S/C17H35N5O2S2.HI/c1-4-20(5-2)14-16-6-8-21(15-16)17(18-3)19-7-13-26(23,24)22-9-11-25-12-10-22;/h16H,4-15H2,1-3H3,(H,18,19);1H. The number of rotatable bonds is 8. The van der Waals surface area contributed by atoms with Gasteiger partial charge >= 0.3 is 0 Å². The number of halogens is 1. The van der Waals surface area contributed by atoms with Crippen LogP contribution in [-0.4, -0.2) is 105 Å². The van der Waals surface area contributed by atoms with E-state index in [0.29, 0.717) is 25.6 Å². The Morgan fingerprint density at radius 3 is 2.48 bits per heavy atom. The molecule has 2 saturated heterocycles. The van der Waals surface area contributed by atoms with Crippen molar-refractivity contribution in [3.63, 3.8) is 0 Å². The third-order valence-corrected chi connectivity index (χ3v) is 8.03. The van der Waals surface area contributed by atoms with Crippen LogP contribution < -0.4 is 5.32 Å². The third-order valence-electron chi connectivity index (χ3n) is 5.21. The summed E-state index contributed by atoms with van der Waals surface area (Å²) >= 11 is 1.82. The molecule has 0 aromatic rings. The molecule has 1 N–H and O–H groups in total. The highest BCUT2D eigenvalue weighted by Gasteiger charge is 2.27. The van der Waals surface area contributed by atoms with Gasteiger partial charge in [0.2, 0.25) is 10.0 Å². The first kappa shape index (κ1) is 25.3. The van der Waals surface area contributed by atoms with Gasteiger partial charge in [0, 0.05) is 57.8 Å². The normalized spacial score (nSPS) is 22.1. The molecule has 10 heteroatoms. The zero-order valence-electron chi connectivity index (χ0n) is 16.9. The first-order chi connectivity index (χ1) is 12.5. The van der Waals surface area contributed by atoms with Gasteiger partial charge in [-0.25, -0.2) is 12.7 Å². The average Bonchev–Trinajstić information content (AvgIpc) is 3.12. The highest BCUT2D eigenvalue weighted by molar-refractivity contribution is 14.0. The molecule has 2 aliphatic rings. The summed E-state index contributed by atoms with van der Waals surface area (Å²) in [4.78, 5) is 9.09. The summed E-state index contributed by atoms with van der Waals surface area (Å²) < 4.78 is 26.5. The minimum atomic E-state index is -3.17. The third kappa shape index (κ3) is 7.87. The zero-order valence-corrected chi connectivity index (χ0v) is 20.9. The summed E-state index contributed by atoms with van der Waals surface area (Å²) in [6.07, 6.45) is 1.17. The van der Waals surface area contributed by atoms with Crippen molar-refractivity contribution in [3.05, 3.63) is 0 Å². The van der Waals surface area contributed by atoms with Crippen molar-refractivity contribution in [2.45, 2.75) is 20.3 Å². The van der Waals surface area contributed by atoms with Gasteiger partial charge in [-0.15, -0.1) is 24.0 Å². The summed E-state index contributed by atoms with van der Waals surface area (Å²) in [6, 6.07) is 0. The van der Waals surface area contributed by atoms with E-state index in [2.05, 4.69) is 34.0 Å². The van der Waals surface area contributed by atoms with Crippen molar-refractivity contribution in [1.29, 1.82) is 0 Å². The van der Waals surface area contributed by atoms with Crippen molar-refractivity contribution in [2.75, 3.05) is 76.7 Å². The maximum Gasteiger partial charge on any atom is 0.215 e. The SMILES string of the molecule is CCN(CC)CC1CCN(C(=NC)NCCS(=O)(=O)N2CCSCC2)C1.I. The molecule has 0 saturated carbocycles. The van der Waals surface area contributed by atoms with Gasteiger partial charge in [0.05, 0.1) is 5.75 Å². The van der Waals surface area contributed by atoms with E-state index in [0.717, 1.165) is 50.2 Å². The first-order valence-electron chi connectivity index (χ1n) is 9.73. The van der Waals surface area contributed by atoms with E-state index in [9.17, 15) is 8.42 Å². The lowest BCUT2D eigenvalue weighted by Crippen LogP contribution is -2.45. The quantitative estimate of drug-likeness (QED) is 0.288. The fourth-order valence-corrected chi connectivity index (χ4v) is 6.09. The maximum absolute atomic E-state index is 12.4. The number of nitrogens with zero attached hydrogens (tertiary/aromatic N) is 4. The van der Waals surface area contributed by atoms with Gasteiger partial charge in [-0.1, -0.05) is 13.8 Å². The van der Waals surface area contributed by atoms with Crippen molar-refractivity contribution >= 4 is 51.7 Å². The average molecular weight is 534 g/mol. The number of thioether (sulfide) groups is 1. The van der Waals surface area contributed by atoms with E-state index >= 15 is 0 Å². The fraction of sp³-hybridized carbons (Fsp3) is 0.941. The molecule has 0 aromatic heterocycles. The summed E-state index contributed by atoms with van der Waals surface area (Å²) in [6.45, 7) is 11.4. The van der Waals surface area contributed by atoms with Crippen molar-refractivity contribution in [1.82, 2.24) is 19.4 Å². The molecule has 27 heavy (non-hydrogen) atoms. The summed E-state index contributed by atoms with van der Waals surface area (Å²) in [5.41, 5.74) is 0. The maximum atomic E-state index is 12.4. The predicted octanol–water partition coefficient (Wildman–Crippen LogP) is 1.22. The number of guanidine groups is 1. The minimum Gasteiger partial charge on any atom is -0.355 e. The van der Waals surface area contributed by atoms with E-state index in [4.69, 9.17) is 0 Å². The van der Waals surface area contributed by atoms with E-state index < -0.39 is 10.0 Å². The molecule has 2 heterocycles. The summed E-state index contributed by atoms with van der Waals surface area (Å²) in [5, 5.41) is 3.26. The van der Waals surface area contributed by atoms with Gasteiger partial charge in [0.1, 0.15) is 0 Å². The molecule has 0 radical (unpaired) electrons. The van der Waals surface area contributed by atoms with E-state index in [1.165, 1.54) is 6.42 Å². The van der Waals surface area contributed by atoms with Gasteiger partial charge in [0.15, 0.2) is 5.96 Å². The molecule has 0 aliphatic carbocycles. The molecule has 2 aliphatic heterocycles. The lowest BCUT2D eigenvalue weighted by atomic mass is 10.1. The van der Waals surface area contributed by atoms with Gasteiger partial charge in [-0.3, -0.25) is 4.99 Å². The van der Waals surface area contributed by atoms with Crippen LogP contribution >= 0.6 is 35.7 Å². The van der Waals surface area contributed by atoms with Crippen LogP contribution in [0.5, 0.6) is 0 Å². The molecule has 0 bridgehead atoms. The number of sulfonamides is 1. The van der Waals surface area contributed by atoms with Gasteiger partial charge < -0.3 is 15.1 Å². The van der Waals surface area contributed by atoms with Crippen LogP contribution in [0, 0.1) is 5.92 Å². The molecule has 1 unspecified atom stereocenters. The summed E-state index contributed by atoms with van der Waals surface area (Å²) in [5.74, 6) is 3.42. The van der Waals surface area contributed by atoms with E-state index in [1.807, 2.05) is 11.8 Å². The number of hydrogen-bond acceptors (Lipinski definition) is 5. The molecule has 7 nitrogen and oxygen atoms in total. The molecule has 1 atom stereocenters. The number of hydrogen-bond donors (Lipinski definition) is 1. The van der Waals surface area contributed by atoms with Crippen LogP contribution in [0.1, 0.15) is 20.3 Å². The molecule has 0 aromatic carbocycles. The number of nitrogens with one attached hydrogen (secondary N) is 1. The summed E-state index contributed by atoms with van der Waals surface area (Å²) in [7, 11) is -1.39. The molecular formula is C17H36IN5O2S2. The Balaban J connectivity index is 0.00000364. The molecule has 2 fully saturated rings. The van der Waals surface area contributed by atoms with Gasteiger partial charge in [-0.05, 0) is 25.4 Å². The Labute approximate surface area is 186 Å². The molecular weight excluding hydrogens is 497 g/mol. The second kappa shape index (κ2) is 12.7. The van der Waals surface area contributed by atoms with Crippen LogP contribution in [0.2, 0.25) is 0 Å². The van der Waals surface area contributed by atoms with Crippen LogP contribution in [0.15, 0.2) is 4.99 Å². The topological polar surface area (TPSA) is 68.2 Å². The number of aliphatic imine (C=N–C) groups is 1. The van der Waals surface area contributed by atoms with E-state index in [1.54, 1.807) is 11.4 Å². The molecule has 0 spiro atoms. The van der Waals surface area contributed by atoms with Crippen molar-refractivity contribution < 1.29 is 8.42 Å². The Kier molecular flexibility index (Phi) is 11.9. The second-order valence-corrected chi connectivity index (χ2v) is 10.2. The largest absolute Gasteiger partial charge is 0.355 e. The number of likely N-dealkylation sites (tertiary alicyclic amines) is 1. The van der Waals surface area contributed by atoms with Gasteiger partial charge in [-0.2, -0.15) is 11.8 Å². The van der Waals surface area contributed by atoms with Crippen LogP contribution in [0.3, 0.4) is 0 Å². The van der Waals surface area contributed by atoms with Crippen LogP contribution in [-0.2, 0) is 10.0 Å². The highest BCUT2D eigenvalue weighted by Crippen LogP contribution is 2.18. The Bertz CT molecular complexity index is 552. The zero-order chi connectivity index (χ0) is 19.0. The Hall–Kier alpha value is 0.220. The van der Waals surface area contributed by atoms with Gasteiger partial charge in [0.25, 0.3) is 0 Å². The Morgan fingerprint density at radius 2 is 1.89 bits per heavy atom. The molecule has 160 valence electrons. The fourth-order valence-electron chi connectivity index (χ4n) is 3.60. The first-order valence-corrected chi connectivity index (χ1v) is 12.5. The molecule has 2 rings (SSSR count). The van der Waals surface area contributed by atoms with Crippen LogP contribution in [0.25, 0.3) is 0 Å². The highest BCUT2D eigenvalue weighted by atomic mass is 127. The van der Waals surface area contributed by atoms with Crippen LogP contribution in [0.4, 0.5) is 0 Å². The minimum absolute atomic E-state index is 0. The van der Waals surface area contributed by atoms with E-state index in [-0.39, 0.29) is 29.7 Å². The predicted molar refractivity (Wildman–Crippen MR) is 127 cm³/mol. The molecule has 0 amide bonds. The monoisotopic (exact) mass is 533 g/mol. The van der Waals surface area contributed by atoms with Crippen molar-refractivity contribution in [2.24, 2.45) is 10.9 Å².